The molecule has 0 aliphatic rings. The summed E-state index contributed by atoms with van der Waals surface area (Å²) in [6, 6.07) is 21.2. The minimum Gasteiger partial charge on any atom is -0.741 e. The van der Waals surface area contributed by atoms with E-state index in [0.29, 0.717) is 0 Å². The Morgan fingerprint density at radius 1 is 0.590 bits per heavy atom. The number of hydrogen-bond acceptors (Lipinski definition) is 6. The first-order valence-electron chi connectivity index (χ1n) is 10.3. The van der Waals surface area contributed by atoms with Gasteiger partial charge < -0.3 is 9.11 Å². The molecular weight excluding hydrogens is 804 g/mol. The molecule has 0 radical (unpaired) electrons. The van der Waals surface area contributed by atoms with Gasteiger partial charge in [0.15, 0.2) is 28.1 Å². The second kappa shape index (κ2) is 18.7. The zero-order chi connectivity index (χ0) is 30.0. The molecule has 0 aliphatic heterocycles. The monoisotopic (exact) mass is 824 g/mol. The Kier molecular flexibility index (Phi) is 18.0. The SMILES string of the molecule is C(#C[I+]c1ccccc1)CCCCCC#C[I+]c1ccccc1.O=S(=O)([O-])C(F)(F)F.O=S(=O)([O-])C(F)(F)F. The fourth-order valence-corrected chi connectivity index (χ4v) is 4.92. The lowest BCUT2D eigenvalue weighted by atomic mass is 10.1. The molecule has 16 heteroatoms. The highest BCUT2D eigenvalue weighted by Crippen LogP contribution is 2.21. The van der Waals surface area contributed by atoms with E-state index in [4.69, 9.17) is 25.9 Å². The molecule has 0 spiro atoms. The molecule has 2 aromatic carbocycles. The van der Waals surface area contributed by atoms with E-state index >= 15 is 0 Å². The summed E-state index contributed by atoms with van der Waals surface area (Å²) >= 11 is -0.220. The third-order valence-electron chi connectivity index (χ3n) is 3.58. The van der Waals surface area contributed by atoms with Crippen LogP contribution in [0.5, 0.6) is 0 Å². The Morgan fingerprint density at radius 3 is 1.13 bits per heavy atom. The Hall–Kier alpha value is -1.58. The zero-order valence-corrected chi connectivity index (χ0v) is 25.5. The van der Waals surface area contributed by atoms with Crippen LogP contribution in [0.1, 0.15) is 32.1 Å². The summed E-state index contributed by atoms with van der Waals surface area (Å²) < 4.78 is 127. The van der Waals surface area contributed by atoms with Gasteiger partial charge in [-0.2, -0.15) is 26.3 Å². The maximum Gasteiger partial charge on any atom is 0.485 e. The lowest BCUT2D eigenvalue weighted by molar-refractivity contribution is -0.535. The normalized spacial score (nSPS) is 11.3. The summed E-state index contributed by atoms with van der Waals surface area (Å²) in [6.07, 6.45) is 5.74. The van der Waals surface area contributed by atoms with Crippen molar-refractivity contribution in [1.29, 1.82) is 0 Å². The molecule has 0 saturated heterocycles. The molecular formula is C23H20F6I2O6S2. The van der Waals surface area contributed by atoms with Gasteiger partial charge >= 0.3 is 53.4 Å². The van der Waals surface area contributed by atoms with E-state index in [1.807, 2.05) is 0 Å². The number of alkyl halides is 6. The summed E-state index contributed by atoms with van der Waals surface area (Å²) in [5, 5.41) is 0. The fraction of sp³-hybridized carbons (Fsp3) is 0.304. The van der Waals surface area contributed by atoms with E-state index in [1.54, 1.807) is 0 Å². The van der Waals surface area contributed by atoms with Crippen molar-refractivity contribution in [3.63, 3.8) is 0 Å². The summed E-state index contributed by atoms with van der Waals surface area (Å²) in [6.45, 7) is 0. The highest BCUT2D eigenvalue weighted by molar-refractivity contribution is 7.86. The Labute approximate surface area is 244 Å². The topological polar surface area (TPSA) is 114 Å². The minimum absolute atomic E-state index is 0.110. The lowest BCUT2D eigenvalue weighted by Gasteiger charge is -2.08. The molecule has 0 unspecified atom stereocenters. The number of halogens is 8. The molecule has 0 fully saturated rings. The predicted molar refractivity (Wildman–Crippen MR) is 120 cm³/mol. The third kappa shape index (κ3) is 20.0. The van der Waals surface area contributed by atoms with Crippen LogP contribution in [0.25, 0.3) is 0 Å². The molecule has 0 aromatic heterocycles. The molecule has 0 aliphatic carbocycles. The third-order valence-corrected chi connectivity index (χ3v) is 8.70. The molecule has 0 atom stereocenters. The zero-order valence-electron chi connectivity index (χ0n) is 19.6. The molecule has 0 N–H and O–H groups in total. The fourth-order valence-electron chi connectivity index (χ4n) is 1.83. The first-order chi connectivity index (χ1) is 17.9. The Bertz CT molecular complexity index is 1210. The van der Waals surface area contributed by atoms with Crippen LogP contribution in [0.2, 0.25) is 0 Å². The average Bonchev–Trinajstić information content (AvgIpc) is 2.82. The molecule has 0 bridgehead atoms. The summed E-state index contributed by atoms with van der Waals surface area (Å²) in [7, 11) is -12.2. The molecule has 2 rings (SSSR count). The summed E-state index contributed by atoms with van der Waals surface area (Å²) in [5.41, 5.74) is -11.3. The van der Waals surface area contributed by atoms with Crippen LogP contribution in [0.15, 0.2) is 60.7 Å². The first kappa shape index (κ1) is 37.4. The van der Waals surface area contributed by atoms with E-state index in [1.165, 1.54) is 26.4 Å². The van der Waals surface area contributed by atoms with Crippen LogP contribution < -0.4 is 42.4 Å². The van der Waals surface area contributed by atoms with Crippen molar-refractivity contribution >= 4 is 20.2 Å². The van der Waals surface area contributed by atoms with Crippen LogP contribution >= 0.6 is 0 Å². The van der Waals surface area contributed by atoms with Crippen LogP contribution in [0.4, 0.5) is 26.3 Å². The standard InChI is InChI=1S/C21H20I2.2CHF3O3S/c1(2-4-12-18-22-20-14-8-6-9-15-20)3-5-13-19-23-21-16-10-7-11-17-21;2*2-1(3,4)8(5,6)7/h6-11,14-17H,1-5H2;2*(H,5,6,7)/q+2;;/p-2. The van der Waals surface area contributed by atoms with Gasteiger partial charge in [-0.05, 0) is 48.9 Å². The van der Waals surface area contributed by atoms with Crippen molar-refractivity contribution in [1.82, 2.24) is 0 Å². The van der Waals surface area contributed by atoms with Crippen LogP contribution in [0, 0.1) is 26.8 Å². The van der Waals surface area contributed by atoms with E-state index in [0.717, 1.165) is 12.8 Å². The van der Waals surface area contributed by atoms with Crippen LogP contribution in [-0.2, 0) is 20.2 Å². The molecule has 2 aromatic rings. The van der Waals surface area contributed by atoms with E-state index < -0.39 is 31.3 Å². The van der Waals surface area contributed by atoms with Gasteiger partial charge in [-0.25, -0.2) is 16.8 Å². The number of benzene rings is 2. The quantitative estimate of drug-likeness (QED) is 0.0912. The Morgan fingerprint density at radius 2 is 0.872 bits per heavy atom. The van der Waals surface area contributed by atoms with Crippen molar-refractivity contribution in [2.24, 2.45) is 0 Å². The second-order valence-corrected chi connectivity index (χ2v) is 14.1. The minimum atomic E-state index is -6.09. The van der Waals surface area contributed by atoms with Gasteiger partial charge in [0.05, 0.1) is 0 Å². The van der Waals surface area contributed by atoms with Crippen LogP contribution in [-0.4, -0.2) is 37.0 Å². The first-order valence-corrected chi connectivity index (χ1v) is 17.5. The number of rotatable bonds is 6. The van der Waals surface area contributed by atoms with Gasteiger partial charge in [0, 0.05) is 12.8 Å². The van der Waals surface area contributed by atoms with E-state index in [2.05, 4.69) is 80.4 Å². The molecule has 6 nitrogen and oxygen atoms in total. The van der Waals surface area contributed by atoms with Gasteiger partial charge in [0.2, 0.25) is 7.14 Å². The average molecular weight is 824 g/mol. The van der Waals surface area contributed by atoms with Gasteiger partial charge in [-0.1, -0.05) is 42.8 Å². The lowest BCUT2D eigenvalue weighted by Crippen LogP contribution is -3.59. The molecule has 0 amide bonds. The van der Waals surface area contributed by atoms with Crippen molar-refractivity contribution < 1.29 is 94.7 Å². The predicted octanol–water partition coefficient (Wildman–Crippen LogP) is -1.12. The summed E-state index contributed by atoms with van der Waals surface area (Å²) in [5.74, 6) is 6.65. The van der Waals surface area contributed by atoms with Gasteiger partial charge in [0.1, 0.15) is 0 Å². The van der Waals surface area contributed by atoms with Gasteiger partial charge in [-0.15, -0.1) is 0 Å². The number of unbranched alkanes of at least 4 members (excludes halogenated alkanes) is 4. The summed E-state index contributed by atoms with van der Waals surface area (Å²) in [4.78, 5) is 0. The molecule has 216 valence electrons. The van der Waals surface area contributed by atoms with E-state index in [9.17, 15) is 26.3 Å². The number of hydrogen-bond donors (Lipinski definition) is 0. The Balaban J connectivity index is 0.000000742. The van der Waals surface area contributed by atoms with Crippen molar-refractivity contribution in [3.05, 3.63) is 67.8 Å². The van der Waals surface area contributed by atoms with Gasteiger partial charge in [0.25, 0.3) is 0 Å². The van der Waals surface area contributed by atoms with Crippen molar-refractivity contribution in [2.45, 2.75) is 43.1 Å². The smallest absolute Gasteiger partial charge is 0.485 e. The highest BCUT2D eigenvalue weighted by atomic mass is 127. The van der Waals surface area contributed by atoms with Crippen molar-refractivity contribution in [2.75, 3.05) is 0 Å². The molecule has 0 saturated carbocycles. The van der Waals surface area contributed by atoms with E-state index in [-0.39, 0.29) is 42.4 Å². The molecule has 0 heterocycles. The second-order valence-electron chi connectivity index (χ2n) is 6.68. The maximum atomic E-state index is 10.7. The largest absolute Gasteiger partial charge is 0.741 e. The van der Waals surface area contributed by atoms with Crippen LogP contribution in [0.3, 0.4) is 0 Å². The highest BCUT2D eigenvalue weighted by Gasteiger charge is 2.37. The van der Waals surface area contributed by atoms with Gasteiger partial charge in [-0.3, -0.25) is 0 Å². The van der Waals surface area contributed by atoms with Crippen molar-refractivity contribution in [3.8, 4) is 19.7 Å². The maximum absolute atomic E-state index is 10.7. The molecule has 39 heavy (non-hydrogen) atoms.